The molecule has 174 valence electrons. The predicted molar refractivity (Wildman–Crippen MR) is 119 cm³/mol. The number of hydrogen-bond donors (Lipinski definition) is 2. The van der Waals surface area contributed by atoms with E-state index in [4.69, 9.17) is 14.2 Å². The predicted octanol–water partition coefficient (Wildman–Crippen LogP) is 3.34. The SMILES string of the molecule is COc1ccc(S(=O)(=O)NCCC(=O)Nc2ccc(Oc3ccc(F)cc3)nc2)cc1OC. The van der Waals surface area contributed by atoms with Crippen molar-refractivity contribution in [1.82, 2.24) is 9.71 Å². The number of nitrogens with one attached hydrogen (secondary N) is 2. The molecule has 0 fully saturated rings. The zero-order valence-electron chi connectivity index (χ0n) is 17.9. The smallest absolute Gasteiger partial charge is 0.240 e. The maximum atomic E-state index is 12.9. The van der Waals surface area contributed by atoms with Crippen molar-refractivity contribution in [2.75, 3.05) is 26.1 Å². The van der Waals surface area contributed by atoms with E-state index in [1.54, 1.807) is 12.1 Å². The third kappa shape index (κ3) is 6.64. The van der Waals surface area contributed by atoms with E-state index in [0.29, 0.717) is 17.2 Å². The van der Waals surface area contributed by atoms with Crippen LogP contribution in [0, 0.1) is 5.82 Å². The molecule has 3 aromatic rings. The fourth-order valence-electron chi connectivity index (χ4n) is 2.73. The lowest BCUT2D eigenvalue weighted by atomic mass is 10.3. The summed E-state index contributed by atoms with van der Waals surface area (Å²) in [5, 5.41) is 2.62. The molecular formula is C22H22FN3O6S. The van der Waals surface area contributed by atoms with Crippen LogP contribution in [0.25, 0.3) is 0 Å². The third-order valence-electron chi connectivity index (χ3n) is 4.37. The Labute approximate surface area is 190 Å². The lowest BCUT2D eigenvalue weighted by molar-refractivity contribution is -0.116. The highest BCUT2D eigenvalue weighted by molar-refractivity contribution is 7.89. The molecule has 0 atom stereocenters. The highest BCUT2D eigenvalue weighted by Crippen LogP contribution is 2.29. The number of anilines is 1. The van der Waals surface area contributed by atoms with E-state index in [2.05, 4.69) is 15.0 Å². The largest absolute Gasteiger partial charge is 0.493 e. The average Bonchev–Trinajstić information content (AvgIpc) is 2.81. The maximum Gasteiger partial charge on any atom is 0.240 e. The van der Waals surface area contributed by atoms with E-state index in [9.17, 15) is 17.6 Å². The molecule has 0 saturated carbocycles. The second-order valence-corrected chi connectivity index (χ2v) is 8.42. The molecule has 2 N–H and O–H groups in total. The second-order valence-electron chi connectivity index (χ2n) is 6.65. The van der Waals surface area contributed by atoms with Gasteiger partial charge in [0.2, 0.25) is 21.8 Å². The fraction of sp³-hybridized carbons (Fsp3) is 0.182. The number of carbonyl (C=O) groups is 1. The van der Waals surface area contributed by atoms with Crippen LogP contribution in [0.2, 0.25) is 0 Å². The molecule has 9 nitrogen and oxygen atoms in total. The summed E-state index contributed by atoms with van der Waals surface area (Å²) < 4.78 is 55.9. The molecule has 0 aliphatic rings. The molecule has 0 saturated heterocycles. The second kappa shape index (κ2) is 10.7. The van der Waals surface area contributed by atoms with Crippen LogP contribution in [0.3, 0.4) is 0 Å². The first-order chi connectivity index (χ1) is 15.8. The zero-order chi connectivity index (χ0) is 23.8. The van der Waals surface area contributed by atoms with Crippen LogP contribution in [-0.4, -0.2) is 40.1 Å². The Morgan fingerprint density at radius 3 is 2.36 bits per heavy atom. The van der Waals surface area contributed by atoms with E-state index in [1.165, 1.54) is 62.9 Å². The van der Waals surface area contributed by atoms with Crippen LogP contribution >= 0.6 is 0 Å². The first kappa shape index (κ1) is 24.0. The van der Waals surface area contributed by atoms with Crippen LogP contribution in [0.4, 0.5) is 10.1 Å². The number of carbonyl (C=O) groups excluding carboxylic acids is 1. The summed E-state index contributed by atoms with van der Waals surface area (Å²) in [4.78, 5) is 16.2. The van der Waals surface area contributed by atoms with Crippen LogP contribution in [0.1, 0.15) is 6.42 Å². The Balaban J connectivity index is 1.50. The third-order valence-corrected chi connectivity index (χ3v) is 5.82. The highest BCUT2D eigenvalue weighted by atomic mass is 32.2. The lowest BCUT2D eigenvalue weighted by Gasteiger charge is -2.11. The minimum absolute atomic E-state index is 0.0125. The monoisotopic (exact) mass is 475 g/mol. The Kier molecular flexibility index (Phi) is 7.80. The summed E-state index contributed by atoms with van der Waals surface area (Å²) in [5.74, 6) is 0.583. The van der Waals surface area contributed by atoms with Gasteiger partial charge in [0, 0.05) is 25.1 Å². The van der Waals surface area contributed by atoms with Crippen LogP contribution in [-0.2, 0) is 14.8 Å². The van der Waals surface area contributed by atoms with Gasteiger partial charge in [-0.05, 0) is 42.5 Å². The highest BCUT2D eigenvalue weighted by Gasteiger charge is 2.17. The molecule has 0 spiro atoms. The van der Waals surface area contributed by atoms with Gasteiger partial charge in [-0.15, -0.1) is 0 Å². The van der Waals surface area contributed by atoms with Gasteiger partial charge in [0.1, 0.15) is 11.6 Å². The standard InChI is InChI=1S/C22H22FN3O6S/c1-30-19-9-8-18(13-20(19)31-2)33(28,29)25-12-11-21(27)26-16-5-10-22(24-14-16)32-17-6-3-15(23)4-7-17/h3-10,13-14,25H,11-12H2,1-2H3,(H,26,27). The summed E-state index contributed by atoms with van der Waals surface area (Å²) in [5.41, 5.74) is 0.411. The number of amides is 1. The molecule has 0 unspecified atom stereocenters. The molecule has 1 aromatic heterocycles. The van der Waals surface area contributed by atoms with Crippen molar-refractivity contribution in [3.05, 3.63) is 66.6 Å². The minimum atomic E-state index is -3.84. The normalized spacial score (nSPS) is 11.0. The topological polar surface area (TPSA) is 116 Å². The van der Waals surface area contributed by atoms with E-state index in [1.807, 2.05) is 0 Å². The molecule has 0 aliphatic heterocycles. The van der Waals surface area contributed by atoms with Gasteiger partial charge in [0.05, 0.1) is 31.0 Å². The summed E-state index contributed by atoms with van der Waals surface area (Å²) in [7, 11) is -0.988. The Morgan fingerprint density at radius 2 is 1.73 bits per heavy atom. The van der Waals surface area contributed by atoms with Gasteiger partial charge in [0.15, 0.2) is 11.5 Å². The number of benzene rings is 2. The van der Waals surface area contributed by atoms with Crippen molar-refractivity contribution in [2.24, 2.45) is 0 Å². The Hall–Kier alpha value is -3.70. The molecule has 3 rings (SSSR count). The van der Waals surface area contributed by atoms with E-state index >= 15 is 0 Å². The number of pyridine rings is 1. The zero-order valence-corrected chi connectivity index (χ0v) is 18.7. The fourth-order valence-corrected chi connectivity index (χ4v) is 3.77. The van der Waals surface area contributed by atoms with Crippen LogP contribution in [0.15, 0.2) is 65.7 Å². The molecule has 0 bridgehead atoms. The molecule has 0 aliphatic carbocycles. The number of nitrogens with zero attached hydrogens (tertiary/aromatic N) is 1. The number of halogens is 1. The number of rotatable bonds is 10. The molecular weight excluding hydrogens is 453 g/mol. The van der Waals surface area contributed by atoms with Crippen molar-refractivity contribution in [2.45, 2.75) is 11.3 Å². The molecule has 0 radical (unpaired) electrons. The van der Waals surface area contributed by atoms with E-state index in [0.717, 1.165) is 0 Å². The number of sulfonamides is 1. The molecule has 2 aromatic carbocycles. The number of ether oxygens (including phenoxy) is 3. The number of methoxy groups -OCH3 is 2. The van der Waals surface area contributed by atoms with E-state index in [-0.39, 0.29) is 35.3 Å². The summed E-state index contributed by atoms with van der Waals surface area (Å²) in [6.45, 7) is -0.109. The quantitative estimate of drug-likeness (QED) is 0.462. The Morgan fingerprint density at radius 1 is 1.00 bits per heavy atom. The summed E-state index contributed by atoms with van der Waals surface area (Å²) in [6.07, 6.45) is 1.30. The molecule has 1 amide bonds. The van der Waals surface area contributed by atoms with Gasteiger partial charge in [-0.1, -0.05) is 0 Å². The summed E-state index contributed by atoms with van der Waals surface area (Å²) >= 11 is 0. The van der Waals surface area contributed by atoms with Gasteiger partial charge < -0.3 is 19.5 Å². The average molecular weight is 475 g/mol. The van der Waals surface area contributed by atoms with E-state index < -0.39 is 15.9 Å². The van der Waals surface area contributed by atoms with Gasteiger partial charge in [-0.3, -0.25) is 4.79 Å². The molecule has 1 heterocycles. The maximum absolute atomic E-state index is 12.9. The van der Waals surface area contributed by atoms with Crippen molar-refractivity contribution >= 4 is 21.6 Å². The number of hydrogen-bond acceptors (Lipinski definition) is 7. The van der Waals surface area contributed by atoms with Crippen molar-refractivity contribution in [1.29, 1.82) is 0 Å². The van der Waals surface area contributed by atoms with Crippen LogP contribution < -0.4 is 24.2 Å². The van der Waals surface area contributed by atoms with Crippen molar-refractivity contribution in [3.8, 4) is 23.1 Å². The Bertz CT molecular complexity index is 1200. The van der Waals surface area contributed by atoms with Crippen LogP contribution in [0.5, 0.6) is 23.1 Å². The van der Waals surface area contributed by atoms with Gasteiger partial charge in [-0.25, -0.2) is 22.5 Å². The van der Waals surface area contributed by atoms with Gasteiger partial charge in [0.25, 0.3) is 0 Å². The van der Waals surface area contributed by atoms with Crippen molar-refractivity contribution < 1.29 is 31.8 Å². The van der Waals surface area contributed by atoms with Crippen molar-refractivity contribution in [3.63, 3.8) is 0 Å². The van der Waals surface area contributed by atoms with Gasteiger partial charge >= 0.3 is 0 Å². The minimum Gasteiger partial charge on any atom is -0.493 e. The number of aromatic nitrogens is 1. The summed E-state index contributed by atoms with van der Waals surface area (Å²) in [6, 6.07) is 12.8. The molecule has 33 heavy (non-hydrogen) atoms. The molecule has 11 heteroatoms. The first-order valence-electron chi connectivity index (χ1n) is 9.72. The lowest BCUT2D eigenvalue weighted by Crippen LogP contribution is -2.27. The van der Waals surface area contributed by atoms with Gasteiger partial charge in [-0.2, -0.15) is 0 Å². The first-order valence-corrected chi connectivity index (χ1v) is 11.2.